The van der Waals surface area contributed by atoms with Crippen LogP contribution in [0.5, 0.6) is 5.75 Å². The molecule has 0 aliphatic rings. The quantitative estimate of drug-likeness (QED) is 0.760. The number of halogens is 3. The summed E-state index contributed by atoms with van der Waals surface area (Å²) in [5, 5.41) is 0. The van der Waals surface area contributed by atoms with E-state index in [2.05, 4.69) is 4.98 Å². The van der Waals surface area contributed by atoms with Crippen LogP contribution in [0.25, 0.3) is 5.52 Å². The van der Waals surface area contributed by atoms with E-state index < -0.39 is 12.0 Å². The van der Waals surface area contributed by atoms with Gasteiger partial charge in [0.05, 0.1) is 18.8 Å². The fourth-order valence-electron chi connectivity index (χ4n) is 1.50. The second kappa shape index (κ2) is 3.76. The molecular formula is C10H7F3N2O2. The monoisotopic (exact) mass is 244 g/mol. The molecule has 0 radical (unpaired) electrons. The van der Waals surface area contributed by atoms with Crippen molar-refractivity contribution in [1.29, 1.82) is 0 Å². The van der Waals surface area contributed by atoms with Gasteiger partial charge < -0.3 is 4.74 Å². The minimum Gasteiger partial charge on any atom is -0.495 e. The molecule has 0 bridgehead atoms. The second-order valence-corrected chi connectivity index (χ2v) is 3.26. The Balaban J connectivity index is 2.79. The van der Waals surface area contributed by atoms with Crippen molar-refractivity contribution in [1.82, 2.24) is 9.38 Å². The molecule has 0 fully saturated rings. The Hall–Kier alpha value is -2.05. The van der Waals surface area contributed by atoms with Crippen LogP contribution in [0, 0.1) is 0 Å². The van der Waals surface area contributed by atoms with Gasteiger partial charge >= 0.3 is 6.18 Å². The molecule has 90 valence electrons. The first-order chi connectivity index (χ1) is 7.97. The zero-order valence-corrected chi connectivity index (χ0v) is 8.65. The van der Waals surface area contributed by atoms with E-state index in [1.54, 1.807) is 0 Å². The van der Waals surface area contributed by atoms with Crippen LogP contribution in [0.4, 0.5) is 13.2 Å². The zero-order valence-electron chi connectivity index (χ0n) is 8.65. The summed E-state index contributed by atoms with van der Waals surface area (Å²) in [7, 11) is 1.34. The highest BCUT2D eigenvalue weighted by atomic mass is 19.4. The average molecular weight is 244 g/mol. The van der Waals surface area contributed by atoms with Crippen molar-refractivity contribution in [3.8, 4) is 5.75 Å². The minimum absolute atomic E-state index is 0.0909. The van der Waals surface area contributed by atoms with Crippen LogP contribution < -0.4 is 4.74 Å². The molecule has 0 aliphatic carbocycles. The average Bonchev–Trinajstić information content (AvgIpc) is 2.66. The maximum absolute atomic E-state index is 12.7. The van der Waals surface area contributed by atoms with Gasteiger partial charge in [0.15, 0.2) is 6.29 Å². The van der Waals surface area contributed by atoms with Crippen molar-refractivity contribution in [3.63, 3.8) is 0 Å². The molecule has 2 heterocycles. The number of aromatic nitrogens is 2. The maximum atomic E-state index is 12.7. The van der Waals surface area contributed by atoms with Crippen molar-refractivity contribution in [2.24, 2.45) is 0 Å². The number of methoxy groups -OCH3 is 1. The van der Waals surface area contributed by atoms with Crippen molar-refractivity contribution in [2.75, 3.05) is 7.11 Å². The lowest BCUT2D eigenvalue weighted by Gasteiger charge is -2.06. The highest BCUT2D eigenvalue weighted by Crippen LogP contribution is 2.30. The SMILES string of the molecule is COc1ccc2c(C=O)nc(C(F)(F)F)n2c1. The summed E-state index contributed by atoms with van der Waals surface area (Å²) in [6.07, 6.45) is -3.20. The highest BCUT2D eigenvalue weighted by molar-refractivity contribution is 5.84. The molecule has 7 heteroatoms. The van der Waals surface area contributed by atoms with Crippen LogP contribution >= 0.6 is 0 Å². The number of pyridine rings is 1. The standard InChI is InChI=1S/C10H7F3N2O2/c1-17-6-2-3-8-7(5-16)14-9(10(11,12)13)15(8)4-6/h2-5H,1H3. The van der Waals surface area contributed by atoms with E-state index in [0.29, 0.717) is 0 Å². The minimum atomic E-state index is -4.63. The Labute approximate surface area is 93.6 Å². The van der Waals surface area contributed by atoms with E-state index in [9.17, 15) is 18.0 Å². The molecule has 0 aromatic carbocycles. The molecule has 0 aliphatic heterocycles. The Morgan fingerprint density at radius 2 is 2.12 bits per heavy atom. The largest absolute Gasteiger partial charge is 0.495 e. The van der Waals surface area contributed by atoms with Gasteiger partial charge in [0.25, 0.3) is 0 Å². The lowest BCUT2D eigenvalue weighted by Crippen LogP contribution is -2.10. The first-order valence-electron chi connectivity index (χ1n) is 4.56. The van der Waals surface area contributed by atoms with E-state index >= 15 is 0 Å². The molecule has 2 rings (SSSR count). The number of fused-ring (bicyclic) bond motifs is 1. The van der Waals surface area contributed by atoms with Gasteiger partial charge in [-0.15, -0.1) is 0 Å². The Morgan fingerprint density at radius 3 is 2.65 bits per heavy atom. The number of hydrogen-bond donors (Lipinski definition) is 0. The molecule has 0 saturated carbocycles. The molecule has 17 heavy (non-hydrogen) atoms. The third-order valence-corrected chi connectivity index (χ3v) is 2.24. The maximum Gasteiger partial charge on any atom is 0.450 e. The van der Waals surface area contributed by atoms with Gasteiger partial charge in [-0.05, 0) is 12.1 Å². The van der Waals surface area contributed by atoms with Gasteiger partial charge in [-0.2, -0.15) is 13.2 Å². The van der Waals surface area contributed by atoms with Gasteiger partial charge in [0.2, 0.25) is 5.82 Å². The molecule has 0 atom stereocenters. The van der Waals surface area contributed by atoms with Gasteiger partial charge in [0.1, 0.15) is 11.4 Å². The van der Waals surface area contributed by atoms with Gasteiger partial charge in [-0.3, -0.25) is 9.20 Å². The molecule has 0 saturated heterocycles. The van der Waals surface area contributed by atoms with Crippen LogP contribution in [0.15, 0.2) is 18.3 Å². The summed E-state index contributed by atoms with van der Waals surface area (Å²) in [4.78, 5) is 13.9. The Kier molecular flexibility index (Phi) is 2.53. The van der Waals surface area contributed by atoms with E-state index in [4.69, 9.17) is 4.74 Å². The Bertz CT molecular complexity index is 575. The fraction of sp³-hybridized carbons (Fsp3) is 0.200. The highest BCUT2D eigenvalue weighted by Gasteiger charge is 2.37. The number of alkyl halides is 3. The van der Waals surface area contributed by atoms with Crippen molar-refractivity contribution in [3.05, 3.63) is 29.8 Å². The third kappa shape index (κ3) is 1.83. The number of nitrogens with zero attached hydrogens (tertiary/aromatic N) is 2. The van der Waals surface area contributed by atoms with E-state index in [0.717, 1.165) is 10.6 Å². The number of ether oxygens (including phenoxy) is 1. The third-order valence-electron chi connectivity index (χ3n) is 2.24. The van der Waals surface area contributed by atoms with E-state index in [-0.39, 0.29) is 23.2 Å². The summed E-state index contributed by atoms with van der Waals surface area (Å²) in [5.41, 5.74) is -0.159. The number of aldehydes is 1. The van der Waals surface area contributed by atoms with Crippen molar-refractivity contribution >= 4 is 11.8 Å². The summed E-state index contributed by atoms with van der Waals surface area (Å²) in [5.74, 6) is -0.897. The summed E-state index contributed by atoms with van der Waals surface area (Å²) < 4.78 is 43.6. The predicted octanol–water partition coefficient (Wildman–Crippen LogP) is 2.17. The first kappa shape index (κ1) is 11.4. The molecule has 0 spiro atoms. The Morgan fingerprint density at radius 1 is 1.41 bits per heavy atom. The van der Waals surface area contributed by atoms with Crippen LogP contribution in [-0.2, 0) is 6.18 Å². The number of carbonyl (C=O) groups excluding carboxylic acids is 1. The molecule has 0 N–H and O–H groups in total. The summed E-state index contributed by atoms with van der Waals surface area (Å²) in [6, 6.07) is 2.81. The number of imidazole rings is 1. The van der Waals surface area contributed by atoms with E-state index in [1.165, 1.54) is 19.2 Å². The van der Waals surface area contributed by atoms with Gasteiger partial charge in [-0.25, -0.2) is 4.98 Å². The zero-order chi connectivity index (χ0) is 12.6. The molecule has 0 unspecified atom stereocenters. The van der Waals surface area contributed by atoms with Crippen LogP contribution in [0.3, 0.4) is 0 Å². The van der Waals surface area contributed by atoms with Crippen molar-refractivity contribution < 1.29 is 22.7 Å². The first-order valence-corrected chi connectivity index (χ1v) is 4.56. The van der Waals surface area contributed by atoms with Crippen LogP contribution in [-0.4, -0.2) is 22.8 Å². The topological polar surface area (TPSA) is 43.6 Å². The molecule has 4 nitrogen and oxygen atoms in total. The van der Waals surface area contributed by atoms with E-state index in [1.807, 2.05) is 0 Å². The fourth-order valence-corrected chi connectivity index (χ4v) is 1.50. The lowest BCUT2D eigenvalue weighted by atomic mass is 10.3. The number of hydrogen-bond acceptors (Lipinski definition) is 3. The predicted molar refractivity (Wildman–Crippen MR) is 52.1 cm³/mol. The smallest absolute Gasteiger partial charge is 0.450 e. The summed E-state index contributed by atoms with van der Waals surface area (Å²) in [6.45, 7) is 0. The normalized spacial score (nSPS) is 11.8. The molecule has 2 aromatic rings. The van der Waals surface area contributed by atoms with Gasteiger partial charge in [-0.1, -0.05) is 0 Å². The summed E-state index contributed by atoms with van der Waals surface area (Å²) >= 11 is 0. The molecule has 2 aromatic heterocycles. The second-order valence-electron chi connectivity index (χ2n) is 3.26. The van der Waals surface area contributed by atoms with Crippen LogP contribution in [0.2, 0.25) is 0 Å². The molecular weight excluding hydrogens is 237 g/mol. The number of rotatable bonds is 2. The number of carbonyl (C=O) groups is 1. The van der Waals surface area contributed by atoms with Crippen LogP contribution in [0.1, 0.15) is 16.3 Å². The van der Waals surface area contributed by atoms with Gasteiger partial charge in [0, 0.05) is 0 Å². The van der Waals surface area contributed by atoms with Crippen molar-refractivity contribution in [2.45, 2.75) is 6.18 Å². The molecule has 0 amide bonds. The lowest BCUT2D eigenvalue weighted by molar-refractivity contribution is -0.145.